The SMILES string of the molecule is CCNC(=NCC1(CCOC)CCC1)NCCN(C)C1CCCC1.I. The lowest BCUT2D eigenvalue weighted by Gasteiger charge is -2.40. The lowest BCUT2D eigenvalue weighted by molar-refractivity contribution is 0.0778. The maximum absolute atomic E-state index is 5.28. The van der Waals surface area contributed by atoms with Crippen LogP contribution in [0.1, 0.15) is 58.3 Å². The first-order valence-electron chi connectivity index (χ1n) is 9.90. The standard InChI is InChI=1S/C19H38N4O.HI/c1-4-20-18(21-13-14-23(2)17-8-5-6-9-17)22-16-19(10-7-11-19)12-15-24-3;/h17H,4-16H2,1-3H3,(H2,20,21,22);1H. The van der Waals surface area contributed by atoms with E-state index < -0.39 is 0 Å². The topological polar surface area (TPSA) is 48.9 Å². The number of hydrogen-bond acceptors (Lipinski definition) is 3. The zero-order valence-corrected chi connectivity index (χ0v) is 18.8. The van der Waals surface area contributed by atoms with E-state index in [2.05, 4.69) is 29.5 Å². The van der Waals surface area contributed by atoms with Crippen LogP contribution in [0.5, 0.6) is 0 Å². The van der Waals surface area contributed by atoms with Gasteiger partial charge in [-0.1, -0.05) is 19.3 Å². The molecule has 148 valence electrons. The molecule has 0 aliphatic heterocycles. The van der Waals surface area contributed by atoms with Gasteiger partial charge in [0.05, 0.1) is 0 Å². The molecule has 25 heavy (non-hydrogen) atoms. The third kappa shape index (κ3) is 7.59. The molecule has 0 amide bonds. The normalized spacial score (nSPS) is 20.2. The summed E-state index contributed by atoms with van der Waals surface area (Å²) in [6.07, 6.45) is 10.6. The van der Waals surface area contributed by atoms with Crippen molar-refractivity contribution in [2.45, 2.75) is 64.3 Å². The van der Waals surface area contributed by atoms with Crippen molar-refractivity contribution < 1.29 is 4.74 Å². The molecular formula is C19H39IN4O. The maximum atomic E-state index is 5.28. The Labute approximate surface area is 171 Å². The number of nitrogens with zero attached hydrogens (tertiary/aromatic N) is 2. The zero-order chi connectivity index (χ0) is 17.3. The van der Waals surface area contributed by atoms with Gasteiger partial charge in [0.15, 0.2) is 5.96 Å². The Bertz CT molecular complexity index is 382. The Morgan fingerprint density at radius 3 is 2.48 bits per heavy atom. The molecule has 2 rings (SSSR count). The maximum Gasteiger partial charge on any atom is 0.191 e. The monoisotopic (exact) mass is 466 g/mol. The van der Waals surface area contributed by atoms with Crippen LogP contribution in [0, 0.1) is 5.41 Å². The molecule has 0 radical (unpaired) electrons. The highest BCUT2D eigenvalue weighted by Crippen LogP contribution is 2.44. The average Bonchev–Trinajstić information content (AvgIpc) is 3.08. The summed E-state index contributed by atoms with van der Waals surface area (Å²) in [7, 11) is 4.05. The van der Waals surface area contributed by atoms with Gasteiger partial charge in [-0.15, -0.1) is 24.0 Å². The minimum atomic E-state index is 0. The molecule has 2 aliphatic carbocycles. The Kier molecular flexibility index (Phi) is 11.3. The largest absolute Gasteiger partial charge is 0.385 e. The van der Waals surface area contributed by atoms with Crippen molar-refractivity contribution in [3.05, 3.63) is 0 Å². The number of nitrogens with one attached hydrogen (secondary N) is 2. The molecule has 0 saturated heterocycles. The fourth-order valence-corrected chi connectivity index (χ4v) is 3.95. The first-order valence-corrected chi connectivity index (χ1v) is 9.90. The number of methoxy groups -OCH3 is 1. The highest BCUT2D eigenvalue weighted by molar-refractivity contribution is 14.0. The van der Waals surface area contributed by atoms with E-state index in [4.69, 9.17) is 9.73 Å². The van der Waals surface area contributed by atoms with E-state index in [9.17, 15) is 0 Å². The number of ether oxygens (including phenoxy) is 1. The van der Waals surface area contributed by atoms with E-state index >= 15 is 0 Å². The van der Waals surface area contributed by atoms with Gasteiger partial charge in [-0.05, 0) is 51.5 Å². The predicted molar refractivity (Wildman–Crippen MR) is 117 cm³/mol. The number of guanidine groups is 1. The summed E-state index contributed by atoms with van der Waals surface area (Å²) < 4.78 is 5.28. The second-order valence-corrected chi connectivity index (χ2v) is 7.64. The minimum absolute atomic E-state index is 0. The van der Waals surface area contributed by atoms with Crippen LogP contribution in [0.4, 0.5) is 0 Å². The summed E-state index contributed by atoms with van der Waals surface area (Å²) >= 11 is 0. The Hall–Kier alpha value is -0.0800. The average molecular weight is 466 g/mol. The van der Waals surface area contributed by atoms with Crippen molar-refractivity contribution in [3.8, 4) is 0 Å². The number of aliphatic imine (C=N–C) groups is 1. The molecule has 6 heteroatoms. The Morgan fingerprint density at radius 1 is 1.20 bits per heavy atom. The van der Waals surface area contributed by atoms with Crippen molar-refractivity contribution in [2.24, 2.45) is 10.4 Å². The van der Waals surface area contributed by atoms with Crippen LogP contribution in [0.3, 0.4) is 0 Å². The van der Waals surface area contributed by atoms with Crippen LogP contribution in [-0.2, 0) is 4.74 Å². The van der Waals surface area contributed by atoms with Gasteiger partial charge in [0.25, 0.3) is 0 Å². The fraction of sp³-hybridized carbons (Fsp3) is 0.947. The van der Waals surface area contributed by atoms with Crippen molar-refractivity contribution >= 4 is 29.9 Å². The van der Waals surface area contributed by atoms with Gasteiger partial charge < -0.3 is 20.3 Å². The molecular weight excluding hydrogens is 427 g/mol. The number of hydrogen-bond donors (Lipinski definition) is 2. The number of halogens is 1. The van der Waals surface area contributed by atoms with Crippen molar-refractivity contribution in [3.63, 3.8) is 0 Å². The number of likely N-dealkylation sites (N-methyl/N-ethyl adjacent to an activating group) is 1. The molecule has 0 spiro atoms. The Balaban J connectivity index is 0.00000312. The van der Waals surface area contributed by atoms with E-state index in [1.165, 1.54) is 44.9 Å². The fourth-order valence-electron chi connectivity index (χ4n) is 3.95. The third-order valence-corrected chi connectivity index (χ3v) is 5.87. The summed E-state index contributed by atoms with van der Waals surface area (Å²) in [5.41, 5.74) is 0.388. The molecule has 0 heterocycles. The molecule has 0 aromatic rings. The van der Waals surface area contributed by atoms with Crippen LogP contribution in [0.25, 0.3) is 0 Å². The van der Waals surface area contributed by atoms with Gasteiger partial charge in [-0.3, -0.25) is 4.99 Å². The highest BCUT2D eigenvalue weighted by atomic mass is 127. The van der Waals surface area contributed by atoms with Gasteiger partial charge in [0, 0.05) is 45.9 Å². The summed E-state index contributed by atoms with van der Waals surface area (Å²) in [6, 6.07) is 0.790. The lowest BCUT2D eigenvalue weighted by atomic mass is 9.67. The molecule has 0 bridgehead atoms. The first-order chi connectivity index (χ1) is 11.7. The molecule has 2 N–H and O–H groups in total. The Morgan fingerprint density at radius 2 is 1.92 bits per heavy atom. The van der Waals surface area contributed by atoms with Gasteiger partial charge >= 0.3 is 0 Å². The second kappa shape index (κ2) is 12.3. The molecule has 2 saturated carbocycles. The summed E-state index contributed by atoms with van der Waals surface area (Å²) in [5.74, 6) is 0.973. The van der Waals surface area contributed by atoms with E-state index in [-0.39, 0.29) is 24.0 Å². The molecule has 0 aromatic carbocycles. The van der Waals surface area contributed by atoms with E-state index in [0.29, 0.717) is 5.41 Å². The molecule has 0 atom stereocenters. The molecule has 0 aromatic heterocycles. The third-order valence-electron chi connectivity index (χ3n) is 5.87. The summed E-state index contributed by atoms with van der Waals surface area (Å²) in [6.45, 7) is 6.87. The summed E-state index contributed by atoms with van der Waals surface area (Å²) in [4.78, 5) is 7.38. The van der Waals surface area contributed by atoms with Crippen molar-refractivity contribution in [2.75, 3.05) is 46.9 Å². The first kappa shape index (κ1) is 23.0. The lowest BCUT2D eigenvalue weighted by Crippen LogP contribution is -2.43. The van der Waals surface area contributed by atoms with Gasteiger partial charge in [0.2, 0.25) is 0 Å². The molecule has 2 aliphatic rings. The van der Waals surface area contributed by atoms with E-state index in [1.54, 1.807) is 7.11 Å². The predicted octanol–water partition coefficient (Wildman–Crippen LogP) is 3.24. The van der Waals surface area contributed by atoms with Crippen LogP contribution < -0.4 is 10.6 Å². The quantitative estimate of drug-likeness (QED) is 0.295. The van der Waals surface area contributed by atoms with Crippen molar-refractivity contribution in [1.29, 1.82) is 0 Å². The summed E-state index contributed by atoms with van der Waals surface area (Å²) in [5, 5.41) is 6.91. The van der Waals surface area contributed by atoms with Crippen LogP contribution >= 0.6 is 24.0 Å². The smallest absolute Gasteiger partial charge is 0.191 e. The highest BCUT2D eigenvalue weighted by Gasteiger charge is 2.36. The second-order valence-electron chi connectivity index (χ2n) is 7.64. The molecule has 5 nitrogen and oxygen atoms in total. The molecule has 2 fully saturated rings. The van der Waals surface area contributed by atoms with Crippen LogP contribution in [0.15, 0.2) is 4.99 Å². The zero-order valence-electron chi connectivity index (χ0n) is 16.5. The van der Waals surface area contributed by atoms with Gasteiger partial charge in [0.1, 0.15) is 0 Å². The van der Waals surface area contributed by atoms with Crippen molar-refractivity contribution in [1.82, 2.24) is 15.5 Å². The van der Waals surface area contributed by atoms with Gasteiger partial charge in [-0.25, -0.2) is 0 Å². The van der Waals surface area contributed by atoms with E-state index in [0.717, 1.165) is 51.2 Å². The van der Waals surface area contributed by atoms with Crippen LogP contribution in [0.2, 0.25) is 0 Å². The van der Waals surface area contributed by atoms with Crippen LogP contribution in [-0.4, -0.2) is 63.8 Å². The minimum Gasteiger partial charge on any atom is -0.385 e. The van der Waals surface area contributed by atoms with E-state index in [1.807, 2.05) is 0 Å². The van der Waals surface area contributed by atoms with Gasteiger partial charge in [-0.2, -0.15) is 0 Å². The number of rotatable bonds is 10. The molecule has 0 unspecified atom stereocenters.